The summed E-state index contributed by atoms with van der Waals surface area (Å²) >= 11 is 0. The average molecular weight is 451 g/mol. The number of aromatic nitrogens is 2. The maximum atomic E-state index is 13.1. The first-order valence-electron chi connectivity index (χ1n) is 9.35. The second-order valence-corrected chi connectivity index (χ2v) is 6.52. The third-order valence-electron chi connectivity index (χ3n) is 4.46. The van der Waals surface area contributed by atoms with E-state index in [0.29, 0.717) is 22.8 Å². The van der Waals surface area contributed by atoms with Crippen molar-refractivity contribution < 1.29 is 36.7 Å². The number of alkyl halides is 3. The molecule has 0 unspecified atom stereocenters. The van der Waals surface area contributed by atoms with Gasteiger partial charge in [0, 0.05) is 18.4 Å². The van der Waals surface area contributed by atoms with Crippen molar-refractivity contribution in [1.29, 1.82) is 0 Å². The van der Waals surface area contributed by atoms with Crippen LogP contribution in [0.4, 0.5) is 18.9 Å². The number of benzene rings is 2. The third-order valence-corrected chi connectivity index (χ3v) is 4.46. The smallest absolute Gasteiger partial charge is 0.418 e. The number of rotatable bonds is 8. The fraction of sp³-hybridized carbons (Fsp3) is 0.286. The number of methoxy groups -OCH3 is 3. The van der Waals surface area contributed by atoms with E-state index in [9.17, 15) is 18.0 Å². The lowest BCUT2D eigenvalue weighted by Crippen LogP contribution is -2.16. The van der Waals surface area contributed by atoms with Gasteiger partial charge in [-0.1, -0.05) is 17.3 Å². The van der Waals surface area contributed by atoms with Crippen LogP contribution in [0.25, 0.3) is 11.4 Å². The number of carbonyl (C=O) groups is 1. The van der Waals surface area contributed by atoms with E-state index < -0.39 is 17.6 Å². The monoisotopic (exact) mass is 451 g/mol. The molecule has 32 heavy (non-hydrogen) atoms. The maximum Gasteiger partial charge on any atom is 0.418 e. The van der Waals surface area contributed by atoms with E-state index in [2.05, 4.69) is 15.5 Å². The van der Waals surface area contributed by atoms with E-state index in [4.69, 9.17) is 18.7 Å². The highest BCUT2D eigenvalue weighted by molar-refractivity contribution is 5.91. The van der Waals surface area contributed by atoms with E-state index in [1.807, 2.05) is 0 Å². The Bertz CT molecular complexity index is 1070. The molecular weight excluding hydrogens is 431 g/mol. The van der Waals surface area contributed by atoms with Gasteiger partial charge in [0.25, 0.3) is 0 Å². The van der Waals surface area contributed by atoms with Crippen molar-refractivity contribution in [3.05, 3.63) is 47.9 Å². The molecule has 0 radical (unpaired) electrons. The Balaban J connectivity index is 1.70. The van der Waals surface area contributed by atoms with Crippen LogP contribution in [-0.4, -0.2) is 37.4 Å². The standard InChI is InChI=1S/C21H20F3N3O5/c1-29-15-10-12(11-16(30-2)19(15)31-3)20-26-18(32-27-20)9-8-17(28)25-14-7-5-4-6-13(14)21(22,23)24/h4-7,10-11H,8-9H2,1-3H3,(H,25,28). The van der Waals surface area contributed by atoms with Crippen LogP contribution in [0.1, 0.15) is 17.9 Å². The lowest BCUT2D eigenvalue weighted by Gasteiger charge is -2.13. The van der Waals surface area contributed by atoms with Gasteiger partial charge in [-0.25, -0.2) is 0 Å². The van der Waals surface area contributed by atoms with Crippen molar-refractivity contribution in [2.75, 3.05) is 26.6 Å². The molecule has 1 N–H and O–H groups in total. The molecule has 0 fully saturated rings. The normalized spacial score (nSPS) is 11.2. The van der Waals surface area contributed by atoms with Gasteiger partial charge in [0.05, 0.1) is 32.6 Å². The SMILES string of the molecule is COc1cc(-c2noc(CCC(=O)Nc3ccccc3C(F)(F)F)n2)cc(OC)c1OC. The molecule has 0 aliphatic carbocycles. The number of halogens is 3. The van der Waals surface area contributed by atoms with Gasteiger partial charge in [0.1, 0.15) is 0 Å². The number of para-hydroxylation sites is 1. The highest BCUT2D eigenvalue weighted by Crippen LogP contribution is 2.40. The van der Waals surface area contributed by atoms with Crippen LogP contribution >= 0.6 is 0 Å². The molecule has 0 bridgehead atoms. The fourth-order valence-corrected chi connectivity index (χ4v) is 2.96. The zero-order valence-electron chi connectivity index (χ0n) is 17.4. The van der Waals surface area contributed by atoms with Gasteiger partial charge >= 0.3 is 6.18 Å². The molecule has 0 saturated heterocycles. The molecule has 170 valence electrons. The van der Waals surface area contributed by atoms with Gasteiger partial charge < -0.3 is 24.1 Å². The second-order valence-electron chi connectivity index (χ2n) is 6.52. The molecule has 3 aromatic rings. The first-order valence-corrected chi connectivity index (χ1v) is 9.35. The topological polar surface area (TPSA) is 95.7 Å². The number of anilines is 1. The van der Waals surface area contributed by atoms with Crippen LogP contribution in [0.3, 0.4) is 0 Å². The quantitative estimate of drug-likeness (QED) is 0.544. The summed E-state index contributed by atoms with van der Waals surface area (Å²) in [4.78, 5) is 16.4. The van der Waals surface area contributed by atoms with Crippen LogP contribution in [0, 0.1) is 0 Å². The van der Waals surface area contributed by atoms with Crippen LogP contribution in [0.2, 0.25) is 0 Å². The predicted molar refractivity (Wildman–Crippen MR) is 108 cm³/mol. The number of ether oxygens (including phenoxy) is 3. The van der Waals surface area contributed by atoms with Crippen molar-refractivity contribution in [3.63, 3.8) is 0 Å². The summed E-state index contributed by atoms with van der Waals surface area (Å²) in [6, 6.07) is 8.02. The summed E-state index contributed by atoms with van der Waals surface area (Å²) < 4.78 is 60.2. The lowest BCUT2D eigenvalue weighted by atomic mass is 10.1. The van der Waals surface area contributed by atoms with Gasteiger partial charge in [0.15, 0.2) is 11.5 Å². The molecule has 0 aliphatic rings. The number of hydrogen-bond acceptors (Lipinski definition) is 7. The highest BCUT2D eigenvalue weighted by atomic mass is 19.4. The molecule has 11 heteroatoms. The average Bonchev–Trinajstić information content (AvgIpc) is 3.25. The van der Waals surface area contributed by atoms with Gasteiger partial charge in [-0.15, -0.1) is 0 Å². The first kappa shape index (κ1) is 22.9. The van der Waals surface area contributed by atoms with Crippen LogP contribution in [0.15, 0.2) is 40.9 Å². The van der Waals surface area contributed by atoms with E-state index in [1.54, 1.807) is 12.1 Å². The molecule has 8 nitrogen and oxygen atoms in total. The van der Waals surface area contributed by atoms with Gasteiger partial charge in [-0.2, -0.15) is 18.2 Å². The summed E-state index contributed by atoms with van der Waals surface area (Å²) in [6.07, 6.45) is -4.69. The van der Waals surface area contributed by atoms with E-state index in [-0.39, 0.29) is 30.2 Å². The van der Waals surface area contributed by atoms with Crippen molar-refractivity contribution in [2.24, 2.45) is 0 Å². The minimum Gasteiger partial charge on any atom is -0.493 e. The molecule has 2 aromatic carbocycles. The Morgan fingerprint density at radius 2 is 1.72 bits per heavy atom. The molecule has 0 spiro atoms. The second kappa shape index (κ2) is 9.58. The summed E-state index contributed by atoms with van der Waals surface area (Å²) in [6.45, 7) is 0. The van der Waals surface area contributed by atoms with Crippen LogP contribution in [-0.2, 0) is 17.4 Å². The van der Waals surface area contributed by atoms with Crippen LogP contribution < -0.4 is 19.5 Å². The minimum atomic E-state index is -4.58. The van der Waals surface area contributed by atoms with Crippen molar-refractivity contribution >= 4 is 11.6 Å². The minimum absolute atomic E-state index is 0.0391. The Kier molecular flexibility index (Phi) is 6.86. The molecule has 0 aliphatic heterocycles. The summed E-state index contributed by atoms with van der Waals surface area (Å²) in [7, 11) is 4.42. The molecule has 1 aromatic heterocycles. The van der Waals surface area contributed by atoms with E-state index in [1.165, 1.54) is 39.5 Å². The summed E-state index contributed by atoms with van der Waals surface area (Å²) in [5.41, 5.74) is -0.706. The first-order chi connectivity index (χ1) is 15.3. The Morgan fingerprint density at radius 3 is 2.31 bits per heavy atom. The van der Waals surface area contributed by atoms with E-state index in [0.717, 1.165) is 6.07 Å². The van der Waals surface area contributed by atoms with Gasteiger partial charge in [0.2, 0.25) is 23.4 Å². The Hall–Kier alpha value is -3.76. The molecule has 1 amide bonds. The lowest BCUT2D eigenvalue weighted by molar-refractivity contribution is -0.137. The number of hydrogen-bond donors (Lipinski definition) is 1. The largest absolute Gasteiger partial charge is 0.493 e. The molecule has 1 heterocycles. The summed E-state index contributed by atoms with van der Waals surface area (Å²) in [5, 5.41) is 6.16. The zero-order valence-corrected chi connectivity index (χ0v) is 17.4. The highest BCUT2D eigenvalue weighted by Gasteiger charge is 2.33. The molecular formula is C21H20F3N3O5. The molecule has 0 atom stereocenters. The number of nitrogens with one attached hydrogen (secondary N) is 1. The van der Waals surface area contributed by atoms with E-state index >= 15 is 0 Å². The Morgan fingerprint density at radius 1 is 1.06 bits per heavy atom. The fourth-order valence-electron chi connectivity index (χ4n) is 2.96. The van der Waals surface area contributed by atoms with Crippen LogP contribution in [0.5, 0.6) is 17.2 Å². The zero-order chi connectivity index (χ0) is 23.3. The number of amides is 1. The number of carbonyl (C=O) groups excluding carboxylic acids is 1. The van der Waals surface area contributed by atoms with Crippen molar-refractivity contribution in [1.82, 2.24) is 10.1 Å². The number of nitrogens with zero attached hydrogens (tertiary/aromatic N) is 2. The van der Waals surface area contributed by atoms with Gasteiger partial charge in [-0.3, -0.25) is 4.79 Å². The third kappa shape index (κ3) is 5.10. The van der Waals surface area contributed by atoms with Crippen molar-refractivity contribution in [2.45, 2.75) is 19.0 Å². The molecule has 0 saturated carbocycles. The predicted octanol–water partition coefficient (Wildman–Crippen LogP) is 4.35. The Labute approximate surface area is 181 Å². The van der Waals surface area contributed by atoms with Crippen molar-refractivity contribution in [3.8, 4) is 28.6 Å². The molecule has 3 rings (SSSR count). The summed E-state index contributed by atoms with van der Waals surface area (Å²) in [5.74, 6) is 0.953. The number of aryl methyl sites for hydroxylation is 1. The van der Waals surface area contributed by atoms with Gasteiger partial charge in [-0.05, 0) is 24.3 Å². The maximum absolute atomic E-state index is 13.1.